The van der Waals surface area contributed by atoms with Crippen LogP contribution in [0, 0.1) is 5.82 Å². The smallest absolute Gasteiger partial charge is 0.382 e. The number of rotatable bonds is 2. The predicted octanol–water partition coefficient (Wildman–Crippen LogP) is 2.66. The molecule has 0 aliphatic carbocycles. The summed E-state index contributed by atoms with van der Waals surface area (Å²) in [5, 5.41) is 13.8. The van der Waals surface area contributed by atoms with E-state index in [-0.39, 0.29) is 5.69 Å². The highest BCUT2D eigenvalue weighted by Gasteiger charge is 2.35. The number of aromatic nitrogens is 2. The van der Waals surface area contributed by atoms with Gasteiger partial charge >= 0.3 is 6.18 Å². The van der Waals surface area contributed by atoms with Gasteiger partial charge in [0.2, 0.25) is 0 Å². The van der Waals surface area contributed by atoms with Crippen LogP contribution < -0.4 is 0 Å². The van der Waals surface area contributed by atoms with E-state index in [9.17, 15) is 22.7 Å². The summed E-state index contributed by atoms with van der Waals surface area (Å²) in [6.07, 6.45) is -4.92. The average Bonchev–Trinajstić information content (AvgIpc) is 2.72. The molecule has 0 aliphatic heterocycles. The Hall–Kier alpha value is -1.89. The van der Waals surface area contributed by atoms with E-state index < -0.39 is 29.2 Å². The minimum Gasteiger partial charge on any atom is -0.382 e. The van der Waals surface area contributed by atoms with E-state index in [1.165, 1.54) is 24.0 Å². The summed E-state index contributed by atoms with van der Waals surface area (Å²) in [5.74, 6) is -0.843. The van der Waals surface area contributed by atoms with Crippen LogP contribution in [0.3, 0.4) is 0 Å². The van der Waals surface area contributed by atoms with Crippen LogP contribution in [0.1, 0.15) is 22.9 Å². The Kier molecular flexibility index (Phi) is 3.32. The molecule has 1 aromatic heterocycles. The van der Waals surface area contributed by atoms with Crippen LogP contribution in [0.5, 0.6) is 0 Å². The normalized spacial score (nSPS) is 13.6. The highest BCUT2D eigenvalue weighted by Crippen LogP contribution is 2.36. The molecular formula is C12H10F4N2O. The van der Waals surface area contributed by atoms with E-state index in [1.54, 1.807) is 0 Å². The van der Waals surface area contributed by atoms with Gasteiger partial charge in [-0.05, 0) is 24.3 Å². The summed E-state index contributed by atoms with van der Waals surface area (Å²) in [5.41, 5.74) is -1.45. The van der Waals surface area contributed by atoms with Crippen LogP contribution in [-0.2, 0) is 13.2 Å². The van der Waals surface area contributed by atoms with Crippen molar-refractivity contribution in [1.82, 2.24) is 9.78 Å². The first-order chi connectivity index (χ1) is 8.80. The van der Waals surface area contributed by atoms with Crippen molar-refractivity contribution < 1.29 is 22.7 Å². The number of nitrogens with zero attached hydrogens (tertiary/aromatic N) is 2. The molecule has 0 saturated carbocycles. The Morgan fingerprint density at radius 1 is 1.26 bits per heavy atom. The number of alkyl halides is 3. The van der Waals surface area contributed by atoms with Crippen molar-refractivity contribution in [1.29, 1.82) is 0 Å². The maximum atomic E-state index is 13.1. The number of benzene rings is 1. The lowest BCUT2D eigenvalue weighted by Gasteiger charge is -2.17. The Balaban J connectivity index is 2.55. The summed E-state index contributed by atoms with van der Waals surface area (Å²) < 4.78 is 52.8. The van der Waals surface area contributed by atoms with Gasteiger partial charge in [0.05, 0.1) is 11.3 Å². The molecule has 2 aromatic rings. The molecule has 3 nitrogen and oxygen atoms in total. The molecule has 1 heterocycles. The van der Waals surface area contributed by atoms with Crippen LogP contribution in [0.4, 0.5) is 17.6 Å². The van der Waals surface area contributed by atoms with Crippen molar-refractivity contribution in [2.75, 3.05) is 0 Å². The van der Waals surface area contributed by atoms with E-state index in [1.807, 2.05) is 0 Å². The van der Waals surface area contributed by atoms with Crippen molar-refractivity contribution in [2.45, 2.75) is 12.3 Å². The molecule has 1 aromatic carbocycles. The minimum absolute atomic E-state index is 0.149. The van der Waals surface area contributed by atoms with Gasteiger partial charge in [-0.25, -0.2) is 4.39 Å². The van der Waals surface area contributed by atoms with Gasteiger partial charge in [0.15, 0.2) is 0 Å². The molecule has 0 amide bonds. The molecule has 0 saturated heterocycles. The Morgan fingerprint density at radius 3 is 2.47 bits per heavy atom. The average molecular weight is 274 g/mol. The van der Waals surface area contributed by atoms with Gasteiger partial charge in [-0.15, -0.1) is 0 Å². The quantitative estimate of drug-likeness (QED) is 0.855. The molecule has 7 heteroatoms. The van der Waals surface area contributed by atoms with Crippen molar-refractivity contribution in [2.24, 2.45) is 7.05 Å². The highest BCUT2D eigenvalue weighted by molar-refractivity contribution is 5.36. The first-order valence-electron chi connectivity index (χ1n) is 5.33. The van der Waals surface area contributed by atoms with E-state index in [0.29, 0.717) is 18.2 Å². The SMILES string of the molecule is Cn1nccc1C(O)c1cc(F)ccc1C(F)(F)F. The van der Waals surface area contributed by atoms with Crippen molar-refractivity contribution in [3.63, 3.8) is 0 Å². The van der Waals surface area contributed by atoms with E-state index in [4.69, 9.17) is 0 Å². The second kappa shape index (κ2) is 4.65. The Morgan fingerprint density at radius 2 is 1.95 bits per heavy atom. The number of hydrogen-bond acceptors (Lipinski definition) is 2. The molecule has 0 spiro atoms. The van der Waals surface area contributed by atoms with Gasteiger partial charge in [0, 0.05) is 18.8 Å². The summed E-state index contributed by atoms with van der Waals surface area (Å²) in [6, 6.07) is 3.38. The van der Waals surface area contributed by atoms with Crippen LogP contribution in [0.15, 0.2) is 30.5 Å². The third kappa shape index (κ3) is 2.60. The summed E-state index contributed by atoms with van der Waals surface area (Å²) >= 11 is 0. The zero-order chi connectivity index (χ0) is 14.2. The van der Waals surface area contributed by atoms with Crippen LogP contribution in [0.25, 0.3) is 0 Å². The zero-order valence-electron chi connectivity index (χ0n) is 9.82. The fraction of sp³-hybridized carbons (Fsp3) is 0.250. The fourth-order valence-electron chi connectivity index (χ4n) is 1.83. The van der Waals surface area contributed by atoms with E-state index >= 15 is 0 Å². The molecule has 0 radical (unpaired) electrons. The zero-order valence-corrected chi connectivity index (χ0v) is 9.82. The molecule has 0 fully saturated rings. The van der Waals surface area contributed by atoms with Gasteiger partial charge in [0.1, 0.15) is 11.9 Å². The molecule has 2 rings (SSSR count). The number of aryl methyl sites for hydroxylation is 1. The topological polar surface area (TPSA) is 38.0 Å². The fourth-order valence-corrected chi connectivity index (χ4v) is 1.83. The summed E-state index contributed by atoms with van der Waals surface area (Å²) in [6.45, 7) is 0. The van der Waals surface area contributed by atoms with Gasteiger partial charge in [-0.1, -0.05) is 0 Å². The van der Waals surface area contributed by atoms with Gasteiger partial charge < -0.3 is 5.11 Å². The molecule has 1 atom stereocenters. The largest absolute Gasteiger partial charge is 0.416 e. The Labute approximate surface area is 106 Å². The van der Waals surface area contributed by atoms with Crippen molar-refractivity contribution in [3.05, 3.63) is 53.1 Å². The van der Waals surface area contributed by atoms with E-state index in [2.05, 4.69) is 5.10 Å². The minimum atomic E-state index is -4.66. The molecule has 1 unspecified atom stereocenters. The molecule has 0 bridgehead atoms. The monoisotopic (exact) mass is 274 g/mol. The Bertz CT molecular complexity index is 592. The third-order valence-electron chi connectivity index (χ3n) is 2.75. The third-order valence-corrected chi connectivity index (χ3v) is 2.75. The van der Waals surface area contributed by atoms with E-state index in [0.717, 1.165) is 0 Å². The number of aliphatic hydroxyl groups is 1. The van der Waals surface area contributed by atoms with Gasteiger partial charge in [0.25, 0.3) is 0 Å². The lowest BCUT2D eigenvalue weighted by Crippen LogP contribution is -2.15. The van der Waals surface area contributed by atoms with Crippen LogP contribution >= 0.6 is 0 Å². The van der Waals surface area contributed by atoms with Crippen LogP contribution in [0.2, 0.25) is 0 Å². The highest BCUT2D eigenvalue weighted by atomic mass is 19.4. The maximum Gasteiger partial charge on any atom is 0.416 e. The van der Waals surface area contributed by atoms with Crippen molar-refractivity contribution in [3.8, 4) is 0 Å². The first kappa shape index (κ1) is 13.5. The lowest BCUT2D eigenvalue weighted by atomic mass is 9.99. The van der Waals surface area contributed by atoms with Crippen molar-refractivity contribution >= 4 is 0 Å². The number of hydrogen-bond donors (Lipinski definition) is 1. The molecule has 102 valence electrons. The second-order valence-corrected chi connectivity index (χ2v) is 4.01. The van der Waals surface area contributed by atoms with Gasteiger partial charge in [-0.3, -0.25) is 4.68 Å². The number of aliphatic hydroxyl groups excluding tert-OH is 1. The standard InChI is InChI=1S/C12H10F4N2O/c1-18-10(4-5-17-18)11(19)8-6-7(13)2-3-9(8)12(14,15)16/h2-6,11,19H,1H3. The maximum absolute atomic E-state index is 13.1. The number of halogens is 4. The lowest BCUT2D eigenvalue weighted by molar-refractivity contribution is -0.139. The second-order valence-electron chi connectivity index (χ2n) is 4.01. The molecule has 1 N–H and O–H groups in total. The summed E-state index contributed by atoms with van der Waals surface area (Å²) in [4.78, 5) is 0. The van der Waals surface area contributed by atoms with Gasteiger partial charge in [-0.2, -0.15) is 18.3 Å². The first-order valence-corrected chi connectivity index (χ1v) is 5.33. The summed E-state index contributed by atoms with van der Waals surface area (Å²) in [7, 11) is 1.48. The molecular weight excluding hydrogens is 264 g/mol. The van der Waals surface area contributed by atoms with Crippen LogP contribution in [-0.4, -0.2) is 14.9 Å². The molecule has 19 heavy (non-hydrogen) atoms. The molecule has 0 aliphatic rings. The predicted molar refractivity (Wildman–Crippen MR) is 58.7 cm³/mol.